The number of likely N-dealkylation sites (N-methyl/N-ethyl adjacent to an activating group) is 1. The predicted octanol–water partition coefficient (Wildman–Crippen LogP) is 1.42. The average molecular weight is 205 g/mol. The Balaban J connectivity index is 2.74. The number of hydrogen-bond acceptors (Lipinski definition) is 4. The lowest BCUT2D eigenvalue weighted by molar-refractivity contribution is 0.183. The van der Waals surface area contributed by atoms with Crippen molar-refractivity contribution in [3.8, 4) is 6.07 Å². The van der Waals surface area contributed by atoms with Crippen LogP contribution in [0.2, 0.25) is 0 Å². The molecule has 0 fully saturated rings. The number of pyridine rings is 1. The molecule has 0 aromatic carbocycles. The first-order chi connectivity index (χ1) is 7.19. The minimum Gasteiger partial charge on any atom is -0.383 e. The quantitative estimate of drug-likeness (QED) is 0.746. The summed E-state index contributed by atoms with van der Waals surface area (Å²) < 4.78 is 5.08. The zero-order valence-corrected chi connectivity index (χ0v) is 9.27. The van der Waals surface area contributed by atoms with Crippen LogP contribution in [0.1, 0.15) is 12.6 Å². The molecular weight excluding hydrogens is 190 g/mol. The van der Waals surface area contributed by atoms with E-state index in [4.69, 9.17) is 10.00 Å². The Kier molecular flexibility index (Phi) is 4.07. The number of methoxy groups -OCH3 is 1. The van der Waals surface area contributed by atoms with Crippen LogP contribution in [-0.4, -0.2) is 31.8 Å². The van der Waals surface area contributed by atoms with Crippen molar-refractivity contribution in [2.45, 2.75) is 13.0 Å². The molecule has 4 nitrogen and oxygen atoms in total. The summed E-state index contributed by atoms with van der Waals surface area (Å²) in [6.45, 7) is 2.73. The van der Waals surface area contributed by atoms with Gasteiger partial charge in [-0.3, -0.25) is 0 Å². The molecule has 15 heavy (non-hydrogen) atoms. The molecule has 1 unspecified atom stereocenters. The number of nitrogens with zero attached hydrogens (tertiary/aromatic N) is 3. The third-order valence-electron chi connectivity index (χ3n) is 2.34. The number of anilines is 1. The van der Waals surface area contributed by atoms with Gasteiger partial charge in [0.25, 0.3) is 0 Å². The summed E-state index contributed by atoms with van der Waals surface area (Å²) in [4.78, 5) is 6.08. The van der Waals surface area contributed by atoms with Gasteiger partial charge in [-0.05, 0) is 19.1 Å². The molecule has 1 heterocycles. The van der Waals surface area contributed by atoms with E-state index < -0.39 is 0 Å². The van der Waals surface area contributed by atoms with Crippen molar-refractivity contribution in [2.24, 2.45) is 0 Å². The highest BCUT2D eigenvalue weighted by atomic mass is 16.5. The normalized spacial score (nSPS) is 11.9. The maximum atomic E-state index is 8.61. The molecule has 0 bridgehead atoms. The summed E-state index contributed by atoms with van der Waals surface area (Å²) in [6, 6.07) is 5.88. The maximum absolute atomic E-state index is 8.61. The van der Waals surface area contributed by atoms with Gasteiger partial charge in [0.1, 0.15) is 11.8 Å². The molecule has 1 aromatic heterocycles. The topological polar surface area (TPSA) is 49.1 Å². The summed E-state index contributed by atoms with van der Waals surface area (Å²) in [6.07, 6.45) is 1.70. The summed E-state index contributed by atoms with van der Waals surface area (Å²) in [5.74, 6) is 0. The second kappa shape index (κ2) is 5.32. The third-order valence-corrected chi connectivity index (χ3v) is 2.34. The van der Waals surface area contributed by atoms with E-state index in [1.54, 1.807) is 19.4 Å². The van der Waals surface area contributed by atoms with Gasteiger partial charge in [-0.2, -0.15) is 5.26 Å². The summed E-state index contributed by atoms with van der Waals surface area (Å²) in [7, 11) is 3.66. The van der Waals surface area contributed by atoms with Gasteiger partial charge in [0.2, 0.25) is 0 Å². The molecule has 1 atom stereocenters. The van der Waals surface area contributed by atoms with Crippen LogP contribution in [-0.2, 0) is 4.74 Å². The molecule has 0 aliphatic rings. The molecule has 0 spiro atoms. The first-order valence-electron chi connectivity index (χ1n) is 4.77. The van der Waals surface area contributed by atoms with Gasteiger partial charge in [-0.25, -0.2) is 4.98 Å². The van der Waals surface area contributed by atoms with Crippen molar-refractivity contribution in [2.75, 3.05) is 25.7 Å². The van der Waals surface area contributed by atoms with Gasteiger partial charge in [-0.15, -0.1) is 0 Å². The van der Waals surface area contributed by atoms with E-state index in [9.17, 15) is 0 Å². The molecular formula is C11H15N3O. The fourth-order valence-corrected chi connectivity index (χ4v) is 1.27. The molecule has 0 aliphatic carbocycles. The molecule has 0 saturated heterocycles. The van der Waals surface area contributed by atoms with E-state index in [2.05, 4.69) is 16.8 Å². The Morgan fingerprint density at radius 3 is 2.80 bits per heavy atom. The lowest BCUT2D eigenvalue weighted by Crippen LogP contribution is -2.32. The van der Waals surface area contributed by atoms with Crippen molar-refractivity contribution in [3.63, 3.8) is 0 Å². The summed E-state index contributed by atoms with van der Waals surface area (Å²) in [5, 5.41) is 8.61. The van der Waals surface area contributed by atoms with Gasteiger partial charge >= 0.3 is 0 Å². The van der Waals surface area contributed by atoms with Crippen molar-refractivity contribution in [3.05, 3.63) is 24.0 Å². The number of ether oxygens (including phenoxy) is 1. The lowest BCUT2D eigenvalue weighted by Gasteiger charge is -2.25. The standard InChI is InChI=1S/C11H15N3O/c1-9(8-15-3)14(2)11-5-4-10(6-12)13-7-11/h4-5,7,9H,8H2,1-3H3. The lowest BCUT2D eigenvalue weighted by atomic mass is 10.2. The Morgan fingerprint density at radius 2 is 2.33 bits per heavy atom. The number of nitriles is 1. The first kappa shape index (κ1) is 11.5. The minimum atomic E-state index is 0.282. The summed E-state index contributed by atoms with van der Waals surface area (Å²) in [5.41, 5.74) is 1.42. The van der Waals surface area contributed by atoms with Crippen molar-refractivity contribution < 1.29 is 4.74 Å². The number of aromatic nitrogens is 1. The van der Waals surface area contributed by atoms with Crippen LogP contribution in [0.5, 0.6) is 0 Å². The minimum absolute atomic E-state index is 0.282. The van der Waals surface area contributed by atoms with Crippen LogP contribution in [0.25, 0.3) is 0 Å². The Bertz CT molecular complexity index is 342. The molecule has 1 rings (SSSR count). The zero-order chi connectivity index (χ0) is 11.3. The van der Waals surface area contributed by atoms with Crippen LogP contribution in [0.15, 0.2) is 18.3 Å². The van der Waals surface area contributed by atoms with Gasteiger partial charge in [-0.1, -0.05) is 0 Å². The van der Waals surface area contributed by atoms with E-state index in [0.29, 0.717) is 12.3 Å². The highest BCUT2D eigenvalue weighted by Crippen LogP contribution is 2.13. The number of hydrogen-bond donors (Lipinski definition) is 0. The van der Waals surface area contributed by atoms with Crippen LogP contribution < -0.4 is 4.90 Å². The van der Waals surface area contributed by atoms with Gasteiger partial charge in [0.15, 0.2) is 0 Å². The largest absolute Gasteiger partial charge is 0.383 e. The van der Waals surface area contributed by atoms with Gasteiger partial charge in [0.05, 0.1) is 18.5 Å². The maximum Gasteiger partial charge on any atom is 0.140 e. The fraction of sp³-hybridized carbons (Fsp3) is 0.455. The molecule has 4 heteroatoms. The van der Waals surface area contributed by atoms with Crippen molar-refractivity contribution in [1.29, 1.82) is 5.26 Å². The van der Waals surface area contributed by atoms with Crippen LogP contribution in [0.4, 0.5) is 5.69 Å². The molecule has 80 valence electrons. The zero-order valence-electron chi connectivity index (χ0n) is 9.27. The van der Waals surface area contributed by atoms with Crippen LogP contribution in [0, 0.1) is 11.3 Å². The highest BCUT2D eigenvalue weighted by molar-refractivity contribution is 5.45. The Labute approximate surface area is 90.1 Å². The van der Waals surface area contributed by atoms with Gasteiger partial charge in [0, 0.05) is 20.2 Å². The van der Waals surface area contributed by atoms with Crippen molar-refractivity contribution in [1.82, 2.24) is 4.98 Å². The van der Waals surface area contributed by atoms with E-state index in [1.807, 2.05) is 19.2 Å². The first-order valence-corrected chi connectivity index (χ1v) is 4.77. The third kappa shape index (κ3) is 2.93. The average Bonchev–Trinajstić information content (AvgIpc) is 2.28. The molecule has 0 aliphatic heterocycles. The smallest absolute Gasteiger partial charge is 0.140 e. The molecule has 0 radical (unpaired) electrons. The number of rotatable bonds is 4. The van der Waals surface area contributed by atoms with Crippen molar-refractivity contribution >= 4 is 5.69 Å². The van der Waals surface area contributed by atoms with Crippen LogP contribution in [0.3, 0.4) is 0 Å². The Hall–Kier alpha value is -1.60. The van der Waals surface area contributed by atoms with Gasteiger partial charge < -0.3 is 9.64 Å². The second-order valence-corrected chi connectivity index (χ2v) is 3.43. The molecule has 0 amide bonds. The SMILES string of the molecule is COCC(C)N(C)c1ccc(C#N)nc1. The molecule has 1 aromatic rings. The fourth-order valence-electron chi connectivity index (χ4n) is 1.27. The van der Waals surface area contributed by atoms with E-state index in [-0.39, 0.29) is 6.04 Å². The highest BCUT2D eigenvalue weighted by Gasteiger charge is 2.09. The summed E-state index contributed by atoms with van der Waals surface area (Å²) >= 11 is 0. The van der Waals surface area contributed by atoms with Crippen LogP contribution >= 0.6 is 0 Å². The predicted molar refractivity (Wildman–Crippen MR) is 58.7 cm³/mol. The Morgan fingerprint density at radius 1 is 1.60 bits per heavy atom. The molecule has 0 saturated carbocycles. The molecule has 0 N–H and O–H groups in total. The van der Waals surface area contributed by atoms with E-state index in [0.717, 1.165) is 5.69 Å². The van der Waals surface area contributed by atoms with E-state index in [1.165, 1.54) is 0 Å². The second-order valence-electron chi connectivity index (χ2n) is 3.43. The van der Waals surface area contributed by atoms with E-state index >= 15 is 0 Å². The monoisotopic (exact) mass is 205 g/mol.